The lowest BCUT2D eigenvalue weighted by atomic mass is 9.99. The van der Waals surface area contributed by atoms with Gasteiger partial charge in [-0.3, -0.25) is 4.98 Å². The zero-order chi connectivity index (χ0) is 14.4. The van der Waals surface area contributed by atoms with Crippen LogP contribution in [0.4, 0.5) is 0 Å². The van der Waals surface area contributed by atoms with Crippen LogP contribution in [0.2, 0.25) is 0 Å². The average molecular weight is 272 g/mol. The van der Waals surface area contributed by atoms with Gasteiger partial charge >= 0.3 is 0 Å². The second-order valence-corrected chi connectivity index (χ2v) is 4.44. The molecule has 0 aliphatic carbocycles. The van der Waals surface area contributed by atoms with Crippen LogP contribution >= 0.6 is 0 Å². The molecular formula is C16H20N2O2. The molecule has 1 aromatic heterocycles. The Morgan fingerprint density at radius 1 is 1.05 bits per heavy atom. The fourth-order valence-electron chi connectivity index (χ4n) is 2.30. The van der Waals surface area contributed by atoms with Crippen molar-refractivity contribution in [2.75, 3.05) is 21.3 Å². The number of likely N-dealkylation sites (N-methyl/N-ethyl adjacent to an activating group) is 1. The van der Waals surface area contributed by atoms with Gasteiger partial charge < -0.3 is 14.8 Å². The van der Waals surface area contributed by atoms with Gasteiger partial charge in [0.25, 0.3) is 0 Å². The molecule has 1 aromatic carbocycles. The quantitative estimate of drug-likeness (QED) is 0.878. The van der Waals surface area contributed by atoms with Gasteiger partial charge in [-0.15, -0.1) is 0 Å². The van der Waals surface area contributed by atoms with E-state index < -0.39 is 0 Å². The molecule has 0 spiro atoms. The van der Waals surface area contributed by atoms with Gasteiger partial charge in [0.15, 0.2) is 0 Å². The Hall–Kier alpha value is -2.07. The zero-order valence-electron chi connectivity index (χ0n) is 12.1. The van der Waals surface area contributed by atoms with Crippen LogP contribution in [0.1, 0.15) is 17.3 Å². The second-order valence-electron chi connectivity index (χ2n) is 4.44. The van der Waals surface area contributed by atoms with Crippen molar-refractivity contribution in [3.8, 4) is 11.5 Å². The maximum absolute atomic E-state index is 5.47. The minimum Gasteiger partial charge on any atom is -0.496 e. The zero-order valence-corrected chi connectivity index (χ0v) is 12.1. The third-order valence-electron chi connectivity index (χ3n) is 3.30. The largest absolute Gasteiger partial charge is 0.496 e. The van der Waals surface area contributed by atoms with Gasteiger partial charge in [-0.25, -0.2) is 0 Å². The highest BCUT2D eigenvalue weighted by molar-refractivity contribution is 5.47. The number of aromatic nitrogens is 1. The Balaban J connectivity index is 2.36. The molecule has 106 valence electrons. The molecule has 0 bridgehead atoms. The van der Waals surface area contributed by atoms with E-state index in [-0.39, 0.29) is 6.04 Å². The number of ether oxygens (including phenoxy) is 2. The Kier molecular flexibility index (Phi) is 4.96. The van der Waals surface area contributed by atoms with Crippen molar-refractivity contribution < 1.29 is 9.47 Å². The van der Waals surface area contributed by atoms with Crippen molar-refractivity contribution >= 4 is 0 Å². The standard InChI is InChI=1S/C16H20N2O2/c1-17-13(11-12-7-4-5-10-18-12)16-14(19-2)8-6-9-15(16)20-3/h4-10,13,17H,11H2,1-3H3. The summed E-state index contributed by atoms with van der Waals surface area (Å²) in [6.07, 6.45) is 2.58. The summed E-state index contributed by atoms with van der Waals surface area (Å²) in [6.45, 7) is 0. The molecule has 2 aromatic rings. The van der Waals surface area contributed by atoms with E-state index in [1.165, 1.54) is 0 Å². The van der Waals surface area contributed by atoms with Crippen LogP contribution < -0.4 is 14.8 Å². The van der Waals surface area contributed by atoms with Crippen molar-refractivity contribution in [3.63, 3.8) is 0 Å². The van der Waals surface area contributed by atoms with Gasteiger partial charge in [0, 0.05) is 24.4 Å². The summed E-state index contributed by atoms with van der Waals surface area (Å²) in [6, 6.07) is 11.8. The van der Waals surface area contributed by atoms with Crippen molar-refractivity contribution in [1.29, 1.82) is 0 Å². The molecule has 20 heavy (non-hydrogen) atoms. The Morgan fingerprint density at radius 3 is 2.25 bits per heavy atom. The topological polar surface area (TPSA) is 43.4 Å². The lowest BCUT2D eigenvalue weighted by Crippen LogP contribution is -2.20. The van der Waals surface area contributed by atoms with Crippen molar-refractivity contribution in [2.45, 2.75) is 12.5 Å². The molecule has 0 fully saturated rings. The number of nitrogens with one attached hydrogen (secondary N) is 1. The van der Waals surface area contributed by atoms with E-state index in [9.17, 15) is 0 Å². The molecule has 0 aliphatic heterocycles. The van der Waals surface area contributed by atoms with Crippen LogP contribution in [0.5, 0.6) is 11.5 Å². The van der Waals surface area contributed by atoms with Crippen LogP contribution in [-0.2, 0) is 6.42 Å². The minimum absolute atomic E-state index is 0.0796. The Labute approximate surface area is 119 Å². The molecule has 1 atom stereocenters. The number of rotatable bonds is 6. The van der Waals surface area contributed by atoms with Crippen LogP contribution in [-0.4, -0.2) is 26.3 Å². The number of methoxy groups -OCH3 is 2. The summed E-state index contributed by atoms with van der Waals surface area (Å²) in [5.74, 6) is 1.64. The first kappa shape index (κ1) is 14.3. The molecular weight excluding hydrogens is 252 g/mol. The van der Waals surface area contributed by atoms with Gasteiger partial charge in [-0.1, -0.05) is 12.1 Å². The van der Waals surface area contributed by atoms with Gasteiger partial charge in [0.1, 0.15) is 11.5 Å². The smallest absolute Gasteiger partial charge is 0.127 e. The van der Waals surface area contributed by atoms with E-state index in [2.05, 4.69) is 10.3 Å². The van der Waals surface area contributed by atoms with Crippen molar-refractivity contribution in [2.24, 2.45) is 0 Å². The third kappa shape index (κ3) is 3.08. The van der Waals surface area contributed by atoms with Gasteiger partial charge in [0.05, 0.1) is 19.8 Å². The number of pyridine rings is 1. The molecule has 2 rings (SSSR count). The van der Waals surface area contributed by atoms with Crippen LogP contribution in [0, 0.1) is 0 Å². The van der Waals surface area contributed by atoms with Crippen LogP contribution in [0.15, 0.2) is 42.6 Å². The third-order valence-corrected chi connectivity index (χ3v) is 3.30. The fraction of sp³-hybridized carbons (Fsp3) is 0.312. The average Bonchev–Trinajstić information content (AvgIpc) is 2.52. The molecule has 0 aliphatic rings. The van der Waals surface area contributed by atoms with Gasteiger partial charge in [-0.2, -0.15) is 0 Å². The van der Waals surface area contributed by atoms with E-state index in [0.717, 1.165) is 29.2 Å². The summed E-state index contributed by atoms with van der Waals surface area (Å²) in [4.78, 5) is 4.38. The minimum atomic E-state index is 0.0796. The van der Waals surface area contributed by atoms with Gasteiger partial charge in [-0.05, 0) is 31.3 Å². The molecule has 0 saturated heterocycles. The lowest BCUT2D eigenvalue weighted by Gasteiger charge is -2.21. The summed E-state index contributed by atoms with van der Waals surface area (Å²) in [5.41, 5.74) is 2.05. The maximum Gasteiger partial charge on any atom is 0.127 e. The SMILES string of the molecule is CNC(Cc1ccccn1)c1c(OC)cccc1OC. The predicted octanol–water partition coefficient (Wildman–Crippen LogP) is 2.60. The van der Waals surface area contributed by atoms with E-state index in [1.54, 1.807) is 14.2 Å². The Morgan fingerprint density at radius 2 is 1.75 bits per heavy atom. The molecule has 0 amide bonds. The fourth-order valence-corrected chi connectivity index (χ4v) is 2.30. The maximum atomic E-state index is 5.47. The molecule has 1 unspecified atom stereocenters. The molecule has 1 N–H and O–H groups in total. The van der Waals surface area contributed by atoms with Crippen molar-refractivity contribution in [3.05, 3.63) is 53.9 Å². The second kappa shape index (κ2) is 6.91. The van der Waals surface area contributed by atoms with Crippen LogP contribution in [0.3, 0.4) is 0 Å². The summed E-state index contributed by atoms with van der Waals surface area (Å²) in [5, 5.41) is 3.32. The number of hydrogen-bond donors (Lipinski definition) is 1. The normalized spacial score (nSPS) is 11.9. The summed E-state index contributed by atoms with van der Waals surface area (Å²) in [7, 11) is 5.27. The molecule has 0 saturated carbocycles. The van der Waals surface area contributed by atoms with Crippen LogP contribution in [0.25, 0.3) is 0 Å². The number of nitrogens with zero attached hydrogens (tertiary/aromatic N) is 1. The number of benzene rings is 1. The van der Waals surface area contributed by atoms with E-state index >= 15 is 0 Å². The first-order valence-corrected chi connectivity index (χ1v) is 6.58. The number of hydrogen-bond acceptors (Lipinski definition) is 4. The summed E-state index contributed by atoms with van der Waals surface area (Å²) < 4.78 is 10.9. The monoisotopic (exact) mass is 272 g/mol. The summed E-state index contributed by atoms with van der Waals surface area (Å²) >= 11 is 0. The van der Waals surface area contributed by atoms with Crippen molar-refractivity contribution in [1.82, 2.24) is 10.3 Å². The first-order valence-electron chi connectivity index (χ1n) is 6.58. The highest BCUT2D eigenvalue weighted by Crippen LogP contribution is 2.35. The first-order chi connectivity index (χ1) is 9.80. The molecule has 1 heterocycles. The highest BCUT2D eigenvalue weighted by Gasteiger charge is 2.20. The lowest BCUT2D eigenvalue weighted by molar-refractivity contribution is 0.372. The molecule has 4 heteroatoms. The highest BCUT2D eigenvalue weighted by atomic mass is 16.5. The predicted molar refractivity (Wildman–Crippen MR) is 79.3 cm³/mol. The van der Waals surface area contributed by atoms with E-state index in [4.69, 9.17) is 9.47 Å². The molecule has 0 radical (unpaired) electrons. The van der Waals surface area contributed by atoms with E-state index in [1.807, 2.05) is 49.6 Å². The molecule has 4 nitrogen and oxygen atoms in total. The Bertz CT molecular complexity index is 521. The van der Waals surface area contributed by atoms with Gasteiger partial charge in [0.2, 0.25) is 0 Å². The van der Waals surface area contributed by atoms with E-state index in [0.29, 0.717) is 0 Å².